The summed E-state index contributed by atoms with van der Waals surface area (Å²) in [6.07, 6.45) is 1.62. The Bertz CT molecular complexity index is 1380. The zero-order valence-electron chi connectivity index (χ0n) is 19.9. The molecule has 0 saturated carbocycles. The number of nitrogens with one attached hydrogen (secondary N) is 1. The van der Waals surface area contributed by atoms with Gasteiger partial charge in [0.15, 0.2) is 6.61 Å². The van der Waals surface area contributed by atoms with Crippen LogP contribution in [0.3, 0.4) is 0 Å². The third kappa shape index (κ3) is 4.85. The fraction of sp³-hybridized carbons (Fsp3) is 0.200. The van der Waals surface area contributed by atoms with Crippen LogP contribution in [-0.2, 0) is 20.9 Å². The number of carbonyl (C=O) groups excluding carboxylic acids is 4. The average Bonchev–Trinajstić information content (AvgIpc) is 3.51. The van der Waals surface area contributed by atoms with Crippen LogP contribution in [0, 0.1) is 13.8 Å². The highest BCUT2D eigenvalue weighted by Crippen LogP contribution is 2.26. The first-order valence-electron chi connectivity index (χ1n) is 10.9. The quantitative estimate of drug-likeness (QED) is 0.279. The topological polar surface area (TPSA) is 146 Å². The van der Waals surface area contributed by atoms with Crippen LogP contribution < -0.4 is 15.8 Å². The number of furan rings is 1. The number of aromatic nitrogens is 1. The summed E-state index contributed by atoms with van der Waals surface area (Å²) in [6.45, 7) is 3.47. The van der Waals surface area contributed by atoms with Gasteiger partial charge >= 0.3 is 12.0 Å². The van der Waals surface area contributed by atoms with E-state index in [2.05, 4.69) is 10.1 Å². The molecule has 4 amide bonds. The molecular weight excluding hydrogens is 468 g/mol. The molecule has 1 aliphatic rings. The number of hydrogen-bond acceptors (Lipinski definition) is 7. The first-order valence-corrected chi connectivity index (χ1v) is 10.9. The number of amides is 4. The van der Waals surface area contributed by atoms with Gasteiger partial charge in [-0.2, -0.15) is 0 Å². The third-order valence-electron chi connectivity index (χ3n) is 5.57. The standard InChI is InChI=1S/C25H24N4O7/c1-14-10-16(15(2)29(14)17-4-6-18(7-5-17)35-13-22(26)30)11-20-23(31)28(25(33)27-20)12-19-8-9-21(36-19)24(32)34-3/h4-11H,12-13H2,1-3H3,(H2,26,30)(H,27,33). The number of hydrogen-bond donors (Lipinski definition) is 2. The Balaban J connectivity index is 1.53. The molecule has 3 heterocycles. The number of ether oxygens (including phenoxy) is 2. The maximum atomic E-state index is 12.9. The van der Waals surface area contributed by atoms with E-state index < -0.39 is 23.8 Å². The Morgan fingerprint density at radius 3 is 2.50 bits per heavy atom. The number of benzene rings is 1. The minimum atomic E-state index is -0.651. The molecule has 0 bridgehead atoms. The zero-order chi connectivity index (χ0) is 26.0. The number of methoxy groups -OCH3 is 1. The molecule has 1 fully saturated rings. The van der Waals surface area contributed by atoms with Crippen molar-refractivity contribution in [2.24, 2.45) is 5.73 Å². The molecule has 186 valence electrons. The van der Waals surface area contributed by atoms with Crippen molar-refractivity contribution >= 4 is 29.9 Å². The van der Waals surface area contributed by atoms with Crippen molar-refractivity contribution in [1.29, 1.82) is 0 Å². The molecule has 11 nitrogen and oxygen atoms in total. The van der Waals surface area contributed by atoms with Crippen LogP contribution in [0.25, 0.3) is 11.8 Å². The fourth-order valence-electron chi connectivity index (χ4n) is 3.88. The second-order valence-electron chi connectivity index (χ2n) is 8.05. The summed E-state index contributed by atoms with van der Waals surface area (Å²) >= 11 is 0. The van der Waals surface area contributed by atoms with Crippen LogP contribution in [0.15, 0.2) is 52.6 Å². The maximum Gasteiger partial charge on any atom is 0.373 e. The monoisotopic (exact) mass is 492 g/mol. The van der Waals surface area contributed by atoms with Crippen LogP contribution in [0.2, 0.25) is 0 Å². The van der Waals surface area contributed by atoms with Crippen molar-refractivity contribution in [2.45, 2.75) is 20.4 Å². The number of esters is 1. The van der Waals surface area contributed by atoms with E-state index in [0.29, 0.717) is 5.75 Å². The van der Waals surface area contributed by atoms with E-state index in [-0.39, 0.29) is 30.4 Å². The molecule has 3 N–H and O–H groups in total. The lowest BCUT2D eigenvalue weighted by atomic mass is 10.2. The second kappa shape index (κ2) is 9.82. The van der Waals surface area contributed by atoms with Gasteiger partial charge in [-0.25, -0.2) is 9.59 Å². The van der Waals surface area contributed by atoms with E-state index in [1.54, 1.807) is 18.2 Å². The van der Waals surface area contributed by atoms with E-state index in [4.69, 9.17) is 14.9 Å². The van der Waals surface area contributed by atoms with Gasteiger partial charge in [0.05, 0.1) is 13.7 Å². The molecule has 11 heteroatoms. The van der Waals surface area contributed by atoms with Gasteiger partial charge < -0.3 is 29.5 Å². The first-order chi connectivity index (χ1) is 17.2. The number of rotatable bonds is 8. The smallest absolute Gasteiger partial charge is 0.373 e. The predicted octanol–water partition coefficient (Wildman–Crippen LogP) is 2.43. The number of nitrogens with two attached hydrogens (primary N) is 1. The van der Waals surface area contributed by atoms with Gasteiger partial charge in [0.2, 0.25) is 5.76 Å². The second-order valence-corrected chi connectivity index (χ2v) is 8.05. The minimum Gasteiger partial charge on any atom is -0.484 e. The van der Waals surface area contributed by atoms with E-state index in [1.807, 2.05) is 36.6 Å². The predicted molar refractivity (Wildman–Crippen MR) is 127 cm³/mol. The van der Waals surface area contributed by atoms with Crippen molar-refractivity contribution in [3.05, 3.63) is 76.6 Å². The lowest BCUT2D eigenvalue weighted by Crippen LogP contribution is -2.30. The molecule has 0 aliphatic carbocycles. The van der Waals surface area contributed by atoms with E-state index in [1.165, 1.54) is 19.2 Å². The Morgan fingerprint density at radius 2 is 1.83 bits per heavy atom. The Kier molecular flexibility index (Phi) is 6.64. The number of primary amides is 1. The number of aryl methyl sites for hydroxylation is 1. The molecule has 0 spiro atoms. The largest absolute Gasteiger partial charge is 0.484 e. The summed E-state index contributed by atoms with van der Waals surface area (Å²) in [5.74, 6) is -0.969. The van der Waals surface area contributed by atoms with Crippen LogP contribution in [-0.4, -0.2) is 47.0 Å². The highest BCUT2D eigenvalue weighted by Gasteiger charge is 2.34. The molecule has 1 aromatic carbocycles. The van der Waals surface area contributed by atoms with E-state index in [0.717, 1.165) is 27.5 Å². The fourth-order valence-corrected chi connectivity index (χ4v) is 3.88. The molecule has 0 atom stereocenters. The molecule has 1 saturated heterocycles. The molecule has 0 unspecified atom stereocenters. The van der Waals surface area contributed by atoms with Crippen molar-refractivity contribution < 1.29 is 33.1 Å². The summed E-state index contributed by atoms with van der Waals surface area (Å²) in [4.78, 5) is 48.9. The lowest BCUT2D eigenvalue weighted by Gasteiger charge is -2.11. The zero-order valence-corrected chi connectivity index (χ0v) is 19.9. The first kappa shape index (κ1) is 24.3. The van der Waals surface area contributed by atoms with E-state index >= 15 is 0 Å². The third-order valence-corrected chi connectivity index (χ3v) is 5.57. The van der Waals surface area contributed by atoms with Crippen LogP contribution in [0.5, 0.6) is 5.75 Å². The normalized spacial score (nSPS) is 14.3. The molecule has 3 aromatic rings. The van der Waals surface area contributed by atoms with Crippen molar-refractivity contribution in [2.75, 3.05) is 13.7 Å². The Hall–Kier alpha value is -4.80. The van der Waals surface area contributed by atoms with Crippen LogP contribution in [0.4, 0.5) is 4.79 Å². The molecular formula is C25H24N4O7. The van der Waals surface area contributed by atoms with Crippen LogP contribution in [0.1, 0.15) is 33.3 Å². The van der Waals surface area contributed by atoms with Gasteiger partial charge in [0, 0.05) is 17.1 Å². The number of urea groups is 1. The number of imide groups is 1. The summed E-state index contributed by atoms with van der Waals surface area (Å²) in [7, 11) is 1.23. The number of carbonyl (C=O) groups is 4. The average molecular weight is 492 g/mol. The Labute approximate surface area is 206 Å². The van der Waals surface area contributed by atoms with E-state index in [9.17, 15) is 19.2 Å². The summed E-state index contributed by atoms with van der Waals surface area (Å²) in [5, 5.41) is 2.59. The van der Waals surface area contributed by atoms with Crippen molar-refractivity contribution in [1.82, 2.24) is 14.8 Å². The molecule has 1 aliphatic heterocycles. The van der Waals surface area contributed by atoms with Crippen LogP contribution >= 0.6 is 0 Å². The van der Waals surface area contributed by atoms with Crippen molar-refractivity contribution in [3.63, 3.8) is 0 Å². The molecule has 36 heavy (non-hydrogen) atoms. The Morgan fingerprint density at radius 1 is 1.11 bits per heavy atom. The lowest BCUT2D eigenvalue weighted by molar-refractivity contribution is -0.123. The van der Waals surface area contributed by atoms with Gasteiger partial charge in [0.25, 0.3) is 11.8 Å². The maximum absolute atomic E-state index is 12.9. The minimum absolute atomic E-state index is 0.0183. The molecule has 4 rings (SSSR count). The summed E-state index contributed by atoms with van der Waals surface area (Å²) < 4.78 is 17.3. The summed E-state index contributed by atoms with van der Waals surface area (Å²) in [5.41, 5.74) is 8.58. The van der Waals surface area contributed by atoms with Gasteiger partial charge in [0.1, 0.15) is 17.2 Å². The number of nitrogens with zero attached hydrogens (tertiary/aromatic N) is 2. The molecule has 2 aromatic heterocycles. The van der Waals surface area contributed by atoms with Gasteiger partial charge in [-0.3, -0.25) is 14.5 Å². The SMILES string of the molecule is COC(=O)c1ccc(CN2C(=O)NC(=Cc3cc(C)n(-c4ccc(OCC(N)=O)cc4)c3C)C2=O)o1. The highest BCUT2D eigenvalue weighted by atomic mass is 16.5. The van der Waals surface area contributed by atoms with Gasteiger partial charge in [-0.05, 0) is 68.0 Å². The highest BCUT2D eigenvalue weighted by molar-refractivity contribution is 6.14. The summed E-state index contributed by atoms with van der Waals surface area (Å²) in [6, 6.07) is 11.4. The van der Waals surface area contributed by atoms with Gasteiger partial charge in [-0.1, -0.05) is 0 Å². The van der Waals surface area contributed by atoms with Gasteiger partial charge in [-0.15, -0.1) is 0 Å². The van der Waals surface area contributed by atoms with Crippen molar-refractivity contribution in [3.8, 4) is 11.4 Å². The molecule has 0 radical (unpaired) electrons.